The van der Waals surface area contributed by atoms with E-state index in [0.29, 0.717) is 12.3 Å². The highest BCUT2D eigenvalue weighted by Gasteiger charge is 2.14. The first-order valence-corrected chi connectivity index (χ1v) is 8.28. The van der Waals surface area contributed by atoms with Gasteiger partial charge in [0.05, 0.1) is 6.61 Å². The van der Waals surface area contributed by atoms with Crippen LogP contribution >= 0.6 is 0 Å². The molecule has 3 aromatic rings. The van der Waals surface area contributed by atoms with Gasteiger partial charge >= 0.3 is 0 Å². The summed E-state index contributed by atoms with van der Waals surface area (Å²) in [5, 5.41) is 5.34. The maximum atomic E-state index is 13.7. The average Bonchev–Trinajstić information content (AvgIpc) is 2.67. The van der Waals surface area contributed by atoms with E-state index in [1.54, 1.807) is 6.07 Å². The summed E-state index contributed by atoms with van der Waals surface area (Å²) in [4.78, 5) is 16.2. The number of amides is 1. The lowest BCUT2D eigenvalue weighted by atomic mass is 10.2. The lowest BCUT2D eigenvalue weighted by Gasteiger charge is -2.10. The summed E-state index contributed by atoms with van der Waals surface area (Å²) >= 11 is 0. The first-order chi connectivity index (χ1) is 13.1. The number of anilines is 3. The fourth-order valence-electron chi connectivity index (χ4n) is 2.40. The predicted octanol–water partition coefficient (Wildman–Crippen LogP) is 4.75. The Morgan fingerprint density at radius 1 is 1.04 bits per heavy atom. The largest absolute Gasteiger partial charge is 0.494 e. The van der Waals surface area contributed by atoms with Gasteiger partial charge in [-0.3, -0.25) is 9.78 Å². The molecule has 1 amide bonds. The van der Waals surface area contributed by atoms with Crippen LogP contribution in [0.15, 0.2) is 60.8 Å². The number of carbonyl (C=O) groups is 1. The fraction of sp³-hybridized carbons (Fsp3) is 0.100. The number of carbonyl (C=O) groups excluding carboxylic acids is 1. The van der Waals surface area contributed by atoms with Gasteiger partial charge in [0.1, 0.15) is 28.8 Å². The standard InChI is InChI=1S/C20H17F2N3O2/c1-2-27-15-8-6-13(7-9-15)24-14-10-11-23-18(12-14)20(26)25-19-16(21)4-3-5-17(19)22/h3-12H,2H2,1H3,(H,23,24)(H,25,26). The van der Waals surface area contributed by atoms with E-state index < -0.39 is 23.2 Å². The van der Waals surface area contributed by atoms with E-state index >= 15 is 0 Å². The van der Waals surface area contributed by atoms with Gasteiger partial charge in [-0.2, -0.15) is 0 Å². The Balaban J connectivity index is 1.74. The van der Waals surface area contributed by atoms with Gasteiger partial charge in [-0.15, -0.1) is 0 Å². The maximum Gasteiger partial charge on any atom is 0.274 e. The predicted molar refractivity (Wildman–Crippen MR) is 99.4 cm³/mol. The number of rotatable bonds is 6. The van der Waals surface area contributed by atoms with E-state index in [0.717, 1.165) is 23.6 Å². The first kappa shape index (κ1) is 18.3. The summed E-state index contributed by atoms with van der Waals surface area (Å²) in [6.45, 7) is 2.49. The van der Waals surface area contributed by atoms with Crippen LogP contribution < -0.4 is 15.4 Å². The first-order valence-electron chi connectivity index (χ1n) is 8.28. The third kappa shape index (κ3) is 4.58. The molecule has 0 atom stereocenters. The van der Waals surface area contributed by atoms with Gasteiger partial charge in [0.15, 0.2) is 0 Å². The Labute approximate surface area is 155 Å². The van der Waals surface area contributed by atoms with Crippen molar-refractivity contribution in [3.8, 4) is 5.75 Å². The van der Waals surface area contributed by atoms with E-state index in [2.05, 4.69) is 15.6 Å². The molecule has 0 saturated carbocycles. The van der Waals surface area contributed by atoms with Crippen molar-refractivity contribution >= 4 is 23.0 Å². The average molecular weight is 369 g/mol. The molecule has 0 aliphatic carbocycles. The zero-order valence-corrected chi connectivity index (χ0v) is 14.5. The molecule has 0 radical (unpaired) electrons. The second kappa shape index (κ2) is 8.27. The van der Waals surface area contributed by atoms with E-state index in [1.807, 2.05) is 31.2 Å². The fourth-order valence-corrected chi connectivity index (χ4v) is 2.40. The van der Waals surface area contributed by atoms with Gasteiger partial charge in [-0.05, 0) is 55.5 Å². The number of benzene rings is 2. The highest BCUT2D eigenvalue weighted by Crippen LogP contribution is 2.22. The quantitative estimate of drug-likeness (QED) is 0.658. The number of nitrogens with one attached hydrogen (secondary N) is 2. The molecule has 0 bridgehead atoms. The molecule has 7 heteroatoms. The number of para-hydroxylation sites is 1. The summed E-state index contributed by atoms with van der Waals surface area (Å²) < 4.78 is 32.8. The molecular formula is C20H17F2N3O2. The molecule has 0 spiro atoms. The summed E-state index contributed by atoms with van der Waals surface area (Å²) in [7, 11) is 0. The number of hydrogen-bond acceptors (Lipinski definition) is 4. The molecule has 0 aliphatic heterocycles. The molecule has 27 heavy (non-hydrogen) atoms. The van der Waals surface area contributed by atoms with Crippen molar-refractivity contribution < 1.29 is 18.3 Å². The van der Waals surface area contributed by atoms with Gasteiger partial charge in [0.2, 0.25) is 0 Å². The highest BCUT2D eigenvalue weighted by molar-refractivity contribution is 6.03. The number of hydrogen-bond donors (Lipinski definition) is 2. The molecule has 138 valence electrons. The molecule has 1 aromatic heterocycles. The molecule has 5 nitrogen and oxygen atoms in total. The number of aromatic nitrogens is 1. The van der Waals surface area contributed by atoms with Gasteiger partial charge in [0.25, 0.3) is 5.91 Å². The molecule has 2 aromatic carbocycles. The Kier molecular flexibility index (Phi) is 5.61. The molecule has 0 fully saturated rings. The van der Waals surface area contributed by atoms with Crippen LogP contribution in [0, 0.1) is 11.6 Å². The van der Waals surface area contributed by atoms with Gasteiger partial charge in [-0.25, -0.2) is 8.78 Å². The van der Waals surface area contributed by atoms with Crippen molar-refractivity contribution in [3.05, 3.63) is 78.1 Å². The van der Waals surface area contributed by atoms with E-state index in [4.69, 9.17) is 4.74 Å². The van der Waals surface area contributed by atoms with Gasteiger partial charge in [-0.1, -0.05) is 6.07 Å². The van der Waals surface area contributed by atoms with E-state index in [-0.39, 0.29) is 5.69 Å². The molecular weight excluding hydrogens is 352 g/mol. The van der Waals surface area contributed by atoms with Crippen LogP contribution in [0.4, 0.5) is 25.8 Å². The Morgan fingerprint density at radius 2 is 1.74 bits per heavy atom. The normalized spacial score (nSPS) is 10.3. The third-order valence-electron chi connectivity index (χ3n) is 3.65. The zero-order chi connectivity index (χ0) is 19.2. The van der Waals surface area contributed by atoms with Crippen LogP contribution in [0.5, 0.6) is 5.75 Å². The summed E-state index contributed by atoms with van der Waals surface area (Å²) in [5.41, 5.74) is 0.909. The smallest absolute Gasteiger partial charge is 0.274 e. The number of pyridine rings is 1. The highest BCUT2D eigenvalue weighted by atomic mass is 19.1. The summed E-state index contributed by atoms with van der Waals surface area (Å²) in [6, 6.07) is 13.8. The third-order valence-corrected chi connectivity index (χ3v) is 3.65. The van der Waals surface area contributed by atoms with Crippen molar-refractivity contribution in [3.63, 3.8) is 0 Å². The van der Waals surface area contributed by atoms with Crippen LogP contribution in [0.3, 0.4) is 0 Å². The van der Waals surface area contributed by atoms with Crippen molar-refractivity contribution in [2.45, 2.75) is 6.92 Å². The lowest BCUT2D eigenvalue weighted by molar-refractivity contribution is 0.102. The minimum atomic E-state index is -0.855. The van der Waals surface area contributed by atoms with Crippen molar-refractivity contribution in [2.24, 2.45) is 0 Å². The van der Waals surface area contributed by atoms with Crippen molar-refractivity contribution in [2.75, 3.05) is 17.2 Å². The van der Waals surface area contributed by atoms with Crippen LogP contribution in [-0.2, 0) is 0 Å². The lowest BCUT2D eigenvalue weighted by Crippen LogP contribution is -2.16. The second-order valence-electron chi connectivity index (χ2n) is 5.56. The molecule has 0 unspecified atom stereocenters. The van der Waals surface area contributed by atoms with Crippen LogP contribution in [0.1, 0.15) is 17.4 Å². The zero-order valence-electron chi connectivity index (χ0n) is 14.5. The van der Waals surface area contributed by atoms with Gasteiger partial charge < -0.3 is 15.4 Å². The van der Waals surface area contributed by atoms with Crippen molar-refractivity contribution in [1.82, 2.24) is 4.98 Å². The van der Waals surface area contributed by atoms with Gasteiger partial charge in [0, 0.05) is 17.6 Å². The monoisotopic (exact) mass is 369 g/mol. The molecule has 1 heterocycles. The number of halogens is 2. The SMILES string of the molecule is CCOc1ccc(Nc2ccnc(C(=O)Nc3c(F)cccc3F)c2)cc1. The number of ether oxygens (including phenoxy) is 1. The topological polar surface area (TPSA) is 63.2 Å². The van der Waals surface area contributed by atoms with Crippen LogP contribution in [0.2, 0.25) is 0 Å². The Hall–Kier alpha value is -3.48. The summed E-state index contributed by atoms with van der Waals surface area (Å²) in [6.07, 6.45) is 1.43. The minimum Gasteiger partial charge on any atom is -0.494 e. The second-order valence-corrected chi connectivity index (χ2v) is 5.56. The van der Waals surface area contributed by atoms with Crippen molar-refractivity contribution in [1.29, 1.82) is 0 Å². The van der Waals surface area contributed by atoms with E-state index in [9.17, 15) is 13.6 Å². The molecule has 2 N–H and O–H groups in total. The maximum absolute atomic E-state index is 13.7. The number of nitrogens with zero attached hydrogens (tertiary/aromatic N) is 1. The molecule has 0 saturated heterocycles. The Bertz CT molecular complexity index is 926. The molecule has 0 aliphatic rings. The molecule has 3 rings (SSSR count). The van der Waals surface area contributed by atoms with E-state index in [1.165, 1.54) is 18.3 Å². The van der Waals surface area contributed by atoms with Crippen LogP contribution in [-0.4, -0.2) is 17.5 Å². The minimum absolute atomic E-state index is 0.0218. The Morgan fingerprint density at radius 3 is 2.41 bits per heavy atom. The summed E-state index contributed by atoms with van der Waals surface area (Å²) in [5.74, 6) is -1.67. The van der Waals surface area contributed by atoms with Crippen LogP contribution in [0.25, 0.3) is 0 Å².